The number of nitrogens with zero attached hydrogens (tertiary/aromatic N) is 4. The van der Waals surface area contributed by atoms with Crippen LogP contribution >= 0.6 is 0 Å². The Morgan fingerprint density at radius 3 is 2.70 bits per heavy atom. The minimum atomic E-state index is -0.225. The summed E-state index contributed by atoms with van der Waals surface area (Å²) < 4.78 is 7.72. The van der Waals surface area contributed by atoms with E-state index in [1.165, 1.54) is 6.20 Å². The van der Waals surface area contributed by atoms with Crippen LogP contribution in [0.2, 0.25) is 0 Å². The molecule has 2 aromatic heterocycles. The number of carbonyl (C=O) groups excluding carboxylic acids is 1. The van der Waals surface area contributed by atoms with E-state index >= 15 is 0 Å². The van der Waals surface area contributed by atoms with Crippen LogP contribution in [0.1, 0.15) is 45.7 Å². The van der Waals surface area contributed by atoms with Crippen LogP contribution in [0.15, 0.2) is 12.4 Å². The summed E-state index contributed by atoms with van der Waals surface area (Å²) in [6.07, 6.45) is 3.68. The molecule has 23 heavy (non-hydrogen) atoms. The second kappa shape index (κ2) is 6.08. The van der Waals surface area contributed by atoms with E-state index in [0.29, 0.717) is 12.3 Å². The molecule has 1 fully saturated rings. The van der Waals surface area contributed by atoms with Gasteiger partial charge in [-0.2, -0.15) is 5.10 Å². The Balaban J connectivity index is 1.79. The summed E-state index contributed by atoms with van der Waals surface area (Å²) in [6, 6.07) is -0.0906. The topological polar surface area (TPSA) is 81.9 Å². The number of hydrogen-bond donors (Lipinski definition) is 1. The molecule has 0 unspecified atom stereocenters. The highest BCUT2D eigenvalue weighted by atomic mass is 16.5. The average Bonchev–Trinajstić information content (AvgIpc) is 3.04. The molecule has 2 aromatic rings. The van der Waals surface area contributed by atoms with E-state index in [0.717, 1.165) is 29.1 Å². The van der Waals surface area contributed by atoms with Gasteiger partial charge in [-0.15, -0.1) is 0 Å². The maximum Gasteiger partial charge on any atom is 0.271 e. The molecule has 7 nitrogen and oxygen atoms in total. The van der Waals surface area contributed by atoms with Crippen molar-refractivity contribution in [2.45, 2.75) is 39.3 Å². The predicted octanol–water partition coefficient (Wildman–Crippen LogP) is 1.40. The number of rotatable bonds is 3. The molecule has 0 bridgehead atoms. The van der Waals surface area contributed by atoms with Crippen molar-refractivity contribution in [2.24, 2.45) is 7.05 Å². The zero-order valence-corrected chi connectivity index (χ0v) is 13.8. The molecule has 0 saturated carbocycles. The third kappa shape index (κ3) is 2.96. The fraction of sp³-hybridized carbons (Fsp3) is 0.500. The molecular weight excluding hydrogens is 294 g/mol. The van der Waals surface area contributed by atoms with Crippen LogP contribution in [0.4, 0.5) is 0 Å². The summed E-state index contributed by atoms with van der Waals surface area (Å²) in [7, 11) is 1.91. The Bertz CT molecular complexity index is 723. The highest BCUT2D eigenvalue weighted by Crippen LogP contribution is 2.33. The molecule has 1 N–H and O–H groups in total. The summed E-state index contributed by atoms with van der Waals surface area (Å²) in [5.41, 5.74) is 4.16. The Morgan fingerprint density at radius 1 is 1.30 bits per heavy atom. The fourth-order valence-electron chi connectivity index (χ4n) is 2.98. The number of carbonyl (C=O) groups is 1. The number of aryl methyl sites for hydroxylation is 3. The SMILES string of the molecule is Cc1cnc(C(=O)N[C@H]2CCO[C@@H]2c2c(C)nn(C)c2C)cn1. The second-order valence-electron chi connectivity index (χ2n) is 5.91. The van der Waals surface area contributed by atoms with Crippen molar-refractivity contribution in [1.82, 2.24) is 25.1 Å². The monoisotopic (exact) mass is 315 g/mol. The zero-order chi connectivity index (χ0) is 16.6. The number of hydrogen-bond acceptors (Lipinski definition) is 5. The van der Waals surface area contributed by atoms with Gasteiger partial charge in [0, 0.05) is 31.1 Å². The molecule has 1 amide bonds. The molecule has 7 heteroatoms. The first kappa shape index (κ1) is 15.6. The van der Waals surface area contributed by atoms with Gasteiger partial charge < -0.3 is 10.1 Å². The van der Waals surface area contributed by atoms with Crippen LogP contribution in [-0.2, 0) is 11.8 Å². The Labute approximate surface area is 135 Å². The molecule has 1 saturated heterocycles. The molecule has 3 heterocycles. The van der Waals surface area contributed by atoms with Crippen LogP contribution in [0, 0.1) is 20.8 Å². The highest BCUT2D eigenvalue weighted by Gasteiger charge is 2.34. The van der Waals surface area contributed by atoms with E-state index in [1.807, 2.05) is 32.5 Å². The van der Waals surface area contributed by atoms with Gasteiger partial charge in [-0.3, -0.25) is 14.5 Å². The van der Waals surface area contributed by atoms with E-state index in [4.69, 9.17) is 4.74 Å². The first-order valence-electron chi connectivity index (χ1n) is 7.68. The predicted molar refractivity (Wildman–Crippen MR) is 84.0 cm³/mol. The van der Waals surface area contributed by atoms with Gasteiger partial charge in [0.15, 0.2) is 0 Å². The summed E-state index contributed by atoms with van der Waals surface area (Å²) in [5, 5.41) is 7.46. The normalized spacial score (nSPS) is 20.7. The van der Waals surface area contributed by atoms with Crippen LogP contribution < -0.4 is 5.32 Å². The zero-order valence-electron chi connectivity index (χ0n) is 13.8. The minimum absolute atomic E-state index is 0.0906. The maximum absolute atomic E-state index is 12.4. The van der Waals surface area contributed by atoms with Gasteiger partial charge in [-0.1, -0.05) is 0 Å². The Hall–Kier alpha value is -2.28. The van der Waals surface area contributed by atoms with Crippen molar-refractivity contribution < 1.29 is 9.53 Å². The molecule has 0 radical (unpaired) electrons. The minimum Gasteiger partial charge on any atom is -0.371 e. The van der Waals surface area contributed by atoms with Gasteiger partial charge in [0.05, 0.1) is 23.6 Å². The summed E-state index contributed by atoms with van der Waals surface area (Å²) in [5.74, 6) is -0.225. The number of aromatic nitrogens is 4. The largest absolute Gasteiger partial charge is 0.371 e. The van der Waals surface area contributed by atoms with Crippen molar-refractivity contribution >= 4 is 5.91 Å². The van der Waals surface area contributed by atoms with Gasteiger partial charge >= 0.3 is 0 Å². The lowest BCUT2D eigenvalue weighted by Crippen LogP contribution is -2.37. The van der Waals surface area contributed by atoms with Gasteiger partial charge in [-0.05, 0) is 27.2 Å². The van der Waals surface area contributed by atoms with Gasteiger partial charge in [-0.25, -0.2) is 4.98 Å². The quantitative estimate of drug-likeness (QED) is 0.925. The van der Waals surface area contributed by atoms with E-state index < -0.39 is 0 Å². The average molecular weight is 315 g/mol. The number of amides is 1. The van der Waals surface area contributed by atoms with Crippen molar-refractivity contribution in [2.75, 3.05) is 6.61 Å². The first-order valence-corrected chi connectivity index (χ1v) is 7.68. The molecular formula is C16H21N5O2. The van der Waals surface area contributed by atoms with Gasteiger partial charge in [0.25, 0.3) is 5.91 Å². The summed E-state index contributed by atoms with van der Waals surface area (Å²) in [4.78, 5) is 20.6. The summed E-state index contributed by atoms with van der Waals surface area (Å²) >= 11 is 0. The molecule has 1 aliphatic heterocycles. The molecule has 122 valence electrons. The van der Waals surface area contributed by atoms with Crippen LogP contribution in [0.25, 0.3) is 0 Å². The van der Waals surface area contributed by atoms with E-state index in [9.17, 15) is 4.79 Å². The van der Waals surface area contributed by atoms with E-state index in [-0.39, 0.29) is 18.1 Å². The maximum atomic E-state index is 12.4. The third-order valence-electron chi connectivity index (χ3n) is 4.27. The molecule has 0 aromatic carbocycles. The lowest BCUT2D eigenvalue weighted by atomic mass is 10.00. The van der Waals surface area contributed by atoms with Gasteiger partial charge in [0.2, 0.25) is 0 Å². The molecule has 3 rings (SSSR count). The van der Waals surface area contributed by atoms with Crippen molar-refractivity contribution in [3.63, 3.8) is 0 Å². The highest BCUT2D eigenvalue weighted by molar-refractivity contribution is 5.92. The van der Waals surface area contributed by atoms with Crippen molar-refractivity contribution in [3.05, 3.63) is 40.7 Å². The molecule has 1 aliphatic rings. The van der Waals surface area contributed by atoms with Crippen molar-refractivity contribution in [1.29, 1.82) is 0 Å². The molecule has 0 aliphatic carbocycles. The summed E-state index contributed by atoms with van der Waals surface area (Å²) in [6.45, 7) is 6.43. The molecule has 0 spiro atoms. The first-order chi connectivity index (χ1) is 11.0. The standard InChI is InChI=1S/C16H21N5O2/c1-9-7-18-13(8-17-9)16(22)19-12-5-6-23-15(12)14-10(2)20-21(4)11(14)3/h7-8,12,15H,5-6H2,1-4H3,(H,19,22)/t12-,15-/m0/s1. The van der Waals surface area contributed by atoms with Gasteiger partial charge in [0.1, 0.15) is 11.8 Å². The second-order valence-corrected chi connectivity index (χ2v) is 5.91. The van der Waals surface area contributed by atoms with Crippen LogP contribution in [0.3, 0.4) is 0 Å². The van der Waals surface area contributed by atoms with E-state index in [1.54, 1.807) is 6.20 Å². The molecule has 2 atom stereocenters. The third-order valence-corrected chi connectivity index (χ3v) is 4.27. The smallest absolute Gasteiger partial charge is 0.271 e. The Kier molecular flexibility index (Phi) is 4.12. The lowest BCUT2D eigenvalue weighted by molar-refractivity contribution is 0.0813. The lowest BCUT2D eigenvalue weighted by Gasteiger charge is -2.20. The van der Waals surface area contributed by atoms with Crippen LogP contribution in [-0.4, -0.2) is 38.3 Å². The van der Waals surface area contributed by atoms with Crippen LogP contribution in [0.5, 0.6) is 0 Å². The van der Waals surface area contributed by atoms with Crippen molar-refractivity contribution in [3.8, 4) is 0 Å². The van der Waals surface area contributed by atoms with E-state index in [2.05, 4.69) is 20.4 Å². The Morgan fingerprint density at radius 2 is 2.09 bits per heavy atom. The number of ether oxygens (including phenoxy) is 1. The fourth-order valence-corrected chi connectivity index (χ4v) is 2.98. The number of nitrogens with one attached hydrogen (secondary N) is 1.